The van der Waals surface area contributed by atoms with Crippen LogP contribution in [-0.2, 0) is 0 Å². The van der Waals surface area contributed by atoms with Gasteiger partial charge in [0.15, 0.2) is 11.6 Å². The molecule has 0 aliphatic carbocycles. The molecule has 5 nitrogen and oxygen atoms in total. The summed E-state index contributed by atoms with van der Waals surface area (Å²) in [5, 5.41) is 7.24. The third kappa shape index (κ3) is 4.91. The van der Waals surface area contributed by atoms with Crippen molar-refractivity contribution in [3.05, 3.63) is 188 Å². The summed E-state index contributed by atoms with van der Waals surface area (Å²) in [5.41, 5.74) is 9.68. The van der Waals surface area contributed by atoms with Crippen LogP contribution in [0, 0.1) is 0 Å². The lowest BCUT2D eigenvalue weighted by atomic mass is 10.0. The Hall–Kier alpha value is -7.41. The molecule has 8 aromatic carbocycles. The molecule has 57 heavy (non-hydrogen) atoms. The molecule has 4 aromatic heterocycles. The second-order valence-corrected chi connectivity index (χ2v) is 15.5. The van der Waals surface area contributed by atoms with Crippen LogP contribution in [0.3, 0.4) is 0 Å². The Bertz CT molecular complexity index is 3510. The van der Waals surface area contributed by atoms with Gasteiger partial charge in [0.1, 0.15) is 0 Å². The third-order valence-corrected chi connectivity index (χ3v) is 12.4. The summed E-state index contributed by atoms with van der Waals surface area (Å²) in [6.45, 7) is 0. The van der Waals surface area contributed by atoms with Gasteiger partial charge < -0.3 is 4.57 Å². The number of fused-ring (bicyclic) bond motifs is 10. The van der Waals surface area contributed by atoms with E-state index in [9.17, 15) is 0 Å². The van der Waals surface area contributed by atoms with Crippen molar-refractivity contribution in [1.29, 1.82) is 0 Å². The molecule has 0 aliphatic heterocycles. The predicted octanol–water partition coefficient (Wildman–Crippen LogP) is 13.4. The van der Waals surface area contributed by atoms with Gasteiger partial charge in [-0.05, 0) is 41.5 Å². The Morgan fingerprint density at radius 2 is 0.877 bits per heavy atom. The Labute approximate surface area is 331 Å². The second-order valence-electron chi connectivity index (χ2n) is 14.4. The lowest BCUT2D eigenvalue weighted by Gasteiger charge is -2.13. The molecule has 0 atom stereocenters. The molecule has 12 aromatic rings. The summed E-state index contributed by atoms with van der Waals surface area (Å²) in [5.74, 6) is 1.81. The van der Waals surface area contributed by atoms with E-state index in [0.29, 0.717) is 17.6 Å². The molecule has 0 aliphatic rings. The van der Waals surface area contributed by atoms with Crippen LogP contribution in [0.15, 0.2) is 188 Å². The first-order chi connectivity index (χ1) is 28.3. The van der Waals surface area contributed by atoms with Crippen LogP contribution < -0.4 is 0 Å². The zero-order valence-corrected chi connectivity index (χ0v) is 31.4. The molecule has 0 saturated heterocycles. The molecule has 266 valence electrons. The standard InChI is InChI=1S/C51H31N5S/c1-3-14-33(15-4-1)49-52-50(34-28-26-32(27-29-34)36-21-13-22-42-39-20-9-12-25-45(39)57-48(36)42)54-51(53-49)56-44-24-11-8-19-38(44)41-31-30-40-37-18-7-10-23-43(37)55(46(40)47(41)56)35-16-5-2-6-17-35/h1-31H. The number of thiophene rings is 1. The van der Waals surface area contributed by atoms with Gasteiger partial charge >= 0.3 is 0 Å². The van der Waals surface area contributed by atoms with Crippen LogP contribution in [0.5, 0.6) is 0 Å². The Morgan fingerprint density at radius 1 is 0.351 bits per heavy atom. The molecule has 0 unspecified atom stereocenters. The van der Waals surface area contributed by atoms with Crippen LogP contribution in [0.25, 0.3) is 109 Å². The average Bonchev–Trinajstić information content (AvgIpc) is 3.95. The van der Waals surface area contributed by atoms with E-state index < -0.39 is 0 Å². The maximum absolute atomic E-state index is 5.35. The van der Waals surface area contributed by atoms with Gasteiger partial charge in [0, 0.05) is 58.5 Å². The van der Waals surface area contributed by atoms with Gasteiger partial charge in [0.2, 0.25) is 5.95 Å². The fourth-order valence-electron chi connectivity index (χ4n) is 8.64. The van der Waals surface area contributed by atoms with Gasteiger partial charge in [-0.3, -0.25) is 4.57 Å². The molecule has 0 bridgehead atoms. The maximum atomic E-state index is 5.35. The molecule has 12 rings (SSSR count). The minimum absolute atomic E-state index is 0.571. The van der Waals surface area contributed by atoms with Crippen molar-refractivity contribution >= 4 is 75.1 Å². The van der Waals surface area contributed by atoms with Gasteiger partial charge in [-0.25, -0.2) is 4.98 Å². The quantitative estimate of drug-likeness (QED) is 0.176. The van der Waals surface area contributed by atoms with E-state index in [4.69, 9.17) is 15.0 Å². The molecular formula is C51H31N5S. The first-order valence-corrected chi connectivity index (χ1v) is 19.9. The highest BCUT2D eigenvalue weighted by Crippen LogP contribution is 2.43. The number of para-hydroxylation sites is 3. The number of aromatic nitrogens is 5. The van der Waals surface area contributed by atoms with Crippen LogP contribution >= 0.6 is 11.3 Å². The van der Waals surface area contributed by atoms with Gasteiger partial charge in [0.05, 0.1) is 22.1 Å². The monoisotopic (exact) mass is 745 g/mol. The highest BCUT2D eigenvalue weighted by molar-refractivity contribution is 7.26. The smallest absolute Gasteiger partial charge is 0.238 e. The van der Waals surface area contributed by atoms with Gasteiger partial charge in [-0.2, -0.15) is 9.97 Å². The van der Waals surface area contributed by atoms with E-state index in [1.165, 1.54) is 36.5 Å². The highest BCUT2D eigenvalue weighted by Gasteiger charge is 2.23. The van der Waals surface area contributed by atoms with Crippen molar-refractivity contribution in [3.63, 3.8) is 0 Å². The van der Waals surface area contributed by atoms with Crippen LogP contribution in [-0.4, -0.2) is 24.1 Å². The Morgan fingerprint density at radius 3 is 1.58 bits per heavy atom. The van der Waals surface area contributed by atoms with Gasteiger partial charge in [-0.15, -0.1) is 11.3 Å². The number of hydrogen-bond acceptors (Lipinski definition) is 4. The van der Waals surface area contributed by atoms with E-state index in [-0.39, 0.29) is 0 Å². The summed E-state index contributed by atoms with van der Waals surface area (Å²) < 4.78 is 7.23. The predicted molar refractivity (Wildman–Crippen MR) is 238 cm³/mol. The first-order valence-electron chi connectivity index (χ1n) is 19.1. The van der Waals surface area contributed by atoms with Crippen molar-refractivity contribution in [1.82, 2.24) is 24.1 Å². The molecule has 0 saturated carbocycles. The molecule has 6 heteroatoms. The summed E-state index contributed by atoms with van der Waals surface area (Å²) >= 11 is 1.85. The largest absolute Gasteiger partial charge is 0.307 e. The fraction of sp³-hybridized carbons (Fsp3) is 0. The average molecular weight is 746 g/mol. The Balaban J connectivity index is 1.12. The van der Waals surface area contributed by atoms with E-state index in [0.717, 1.165) is 55.2 Å². The summed E-state index contributed by atoms with van der Waals surface area (Å²) in [6, 6.07) is 66.6. The lowest BCUT2D eigenvalue weighted by molar-refractivity contribution is 0.953. The second kappa shape index (κ2) is 12.6. The number of hydrogen-bond donors (Lipinski definition) is 0. The van der Waals surface area contributed by atoms with E-state index in [1.54, 1.807) is 0 Å². The minimum atomic E-state index is 0.571. The maximum Gasteiger partial charge on any atom is 0.238 e. The molecule has 0 N–H and O–H groups in total. The number of benzene rings is 8. The summed E-state index contributed by atoms with van der Waals surface area (Å²) in [4.78, 5) is 15.8. The number of rotatable bonds is 5. The fourth-order valence-corrected chi connectivity index (χ4v) is 9.88. The topological polar surface area (TPSA) is 48.5 Å². The van der Waals surface area contributed by atoms with Crippen LogP contribution in [0.2, 0.25) is 0 Å². The van der Waals surface area contributed by atoms with Gasteiger partial charge in [0.25, 0.3) is 0 Å². The van der Waals surface area contributed by atoms with Crippen molar-refractivity contribution in [3.8, 4) is 45.5 Å². The van der Waals surface area contributed by atoms with Crippen molar-refractivity contribution in [2.24, 2.45) is 0 Å². The SMILES string of the molecule is c1ccc(-c2nc(-c3ccc(-c4cccc5c4sc4ccccc45)cc3)nc(-n3c4ccccc4c4ccc5c6ccccc6n(-c6ccccc6)c5c43)n2)cc1. The zero-order chi connectivity index (χ0) is 37.5. The van der Waals surface area contributed by atoms with E-state index in [1.807, 2.05) is 29.5 Å². The highest BCUT2D eigenvalue weighted by atomic mass is 32.1. The summed E-state index contributed by atoms with van der Waals surface area (Å²) in [6.07, 6.45) is 0. The molecule has 0 fully saturated rings. The lowest BCUT2D eigenvalue weighted by Crippen LogP contribution is -2.07. The van der Waals surface area contributed by atoms with Crippen molar-refractivity contribution in [2.75, 3.05) is 0 Å². The third-order valence-electron chi connectivity index (χ3n) is 11.2. The van der Waals surface area contributed by atoms with Crippen LogP contribution in [0.4, 0.5) is 0 Å². The summed E-state index contributed by atoms with van der Waals surface area (Å²) in [7, 11) is 0. The minimum Gasteiger partial charge on any atom is -0.307 e. The Kier molecular flexibility index (Phi) is 7.03. The first kappa shape index (κ1) is 31.9. The number of nitrogens with zero attached hydrogens (tertiary/aromatic N) is 5. The van der Waals surface area contributed by atoms with Crippen LogP contribution in [0.1, 0.15) is 0 Å². The normalized spacial score (nSPS) is 11.9. The molecular weight excluding hydrogens is 715 g/mol. The molecule has 0 radical (unpaired) electrons. The van der Waals surface area contributed by atoms with Crippen molar-refractivity contribution in [2.45, 2.75) is 0 Å². The molecule has 4 heterocycles. The van der Waals surface area contributed by atoms with Gasteiger partial charge in [-0.1, -0.05) is 158 Å². The van der Waals surface area contributed by atoms with E-state index in [2.05, 4.69) is 179 Å². The molecule has 0 amide bonds. The molecule has 0 spiro atoms. The zero-order valence-electron chi connectivity index (χ0n) is 30.5. The van der Waals surface area contributed by atoms with E-state index >= 15 is 0 Å². The van der Waals surface area contributed by atoms with Crippen molar-refractivity contribution < 1.29 is 0 Å².